The van der Waals surface area contributed by atoms with Gasteiger partial charge in [0.2, 0.25) is 0 Å². The van der Waals surface area contributed by atoms with Gasteiger partial charge in [-0.15, -0.1) is 0 Å². The maximum Gasteiger partial charge on any atom is 0.274 e. The van der Waals surface area contributed by atoms with E-state index in [0.717, 1.165) is 22.4 Å². The van der Waals surface area contributed by atoms with Crippen LogP contribution in [0.1, 0.15) is 45.3 Å². The van der Waals surface area contributed by atoms with Crippen molar-refractivity contribution in [2.75, 3.05) is 0 Å². The summed E-state index contributed by atoms with van der Waals surface area (Å²) >= 11 is 0. The summed E-state index contributed by atoms with van der Waals surface area (Å²) in [6, 6.07) is 19.4. The maximum absolute atomic E-state index is 13.2. The van der Waals surface area contributed by atoms with Crippen molar-refractivity contribution in [2.24, 2.45) is 5.10 Å². The van der Waals surface area contributed by atoms with Gasteiger partial charge in [0.15, 0.2) is 0 Å². The molecular weight excluding hydrogens is 324 g/mol. The summed E-state index contributed by atoms with van der Waals surface area (Å²) in [7, 11) is 0. The molecule has 0 radical (unpaired) electrons. The normalized spacial score (nSPS) is 16.6. The quantitative estimate of drug-likeness (QED) is 0.679. The second-order valence-electron chi connectivity index (χ2n) is 6.68. The van der Waals surface area contributed by atoms with Crippen molar-refractivity contribution in [2.45, 2.75) is 26.3 Å². The number of nitrogens with zero attached hydrogens (tertiary/aromatic N) is 2. The second kappa shape index (κ2) is 6.64. The van der Waals surface area contributed by atoms with E-state index in [1.54, 1.807) is 11.3 Å². The fourth-order valence-corrected chi connectivity index (χ4v) is 3.34. The monoisotopic (exact) mass is 344 g/mol. The zero-order valence-corrected chi connectivity index (χ0v) is 14.8. The van der Waals surface area contributed by atoms with Crippen LogP contribution < -0.4 is 0 Å². The first-order valence-electron chi connectivity index (χ1n) is 8.70. The van der Waals surface area contributed by atoms with Crippen molar-refractivity contribution in [3.8, 4) is 0 Å². The predicted molar refractivity (Wildman–Crippen MR) is 101 cm³/mol. The molecule has 4 rings (SSSR count). The first kappa shape index (κ1) is 16.3. The van der Waals surface area contributed by atoms with E-state index in [4.69, 9.17) is 4.42 Å². The highest BCUT2D eigenvalue weighted by atomic mass is 16.3. The fraction of sp³-hybridized carbons (Fsp3) is 0.182. The third-order valence-electron chi connectivity index (χ3n) is 4.62. The molecule has 0 unspecified atom stereocenters. The van der Waals surface area contributed by atoms with Gasteiger partial charge in [-0.3, -0.25) is 4.79 Å². The molecule has 0 N–H and O–H groups in total. The van der Waals surface area contributed by atoms with E-state index in [1.807, 2.05) is 49.4 Å². The average Bonchev–Trinajstić information content (AvgIpc) is 3.30. The Morgan fingerprint density at radius 3 is 2.50 bits per heavy atom. The molecule has 26 heavy (non-hydrogen) atoms. The van der Waals surface area contributed by atoms with Crippen LogP contribution in [-0.2, 0) is 0 Å². The van der Waals surface area contributed by atoms with E-state index < -0.39 is 0 Å². The van der Waals surface area contributed by atoms with Crippen LogP contribution in [0.2, 0.25) is 0 Å². The first-order valence-corrected chi connectivity index (χ1v) is 8.70. The minimum Gasteiger partial charge on any atom is -0.463 e. The summed E-state index contributed by atoms with van der Waals surface area (Å²) in [6.45, 7) is 4.04. The number of furan rings is 1. The van der Waals surface area contributed by atoms with Gasteiger partial charge in [-0.25, -0.2) is 5.01 Å². The lowest BCUT2D eigenvalue weighted by molar-refractivity contribution is 0.0711. The molecule has 1 aliphatic rings. The van der Waals surface area contributed by atoms with Gasteiger partial charge >= 0.3 is 0 Å². The van der Waals surface area contributed by atoms with Gasteiger partial charge in [0, 0.05) is 12.0 Å². The Labute approximate surface area is 152 Å². The number of carbonyl (C=O) groups excluding carboxylic acids is 1. The Hall–Kier alpha value is -3.14. The Balaban J connectivity index is 1.74. The molecule has 0 saturated carbocycles. The summed E-state index contributed by atoms with van der Waals surface area (Å²) in [5.41, 5.74) is 4.74. The largest absolute Gasteiger partial charge is 0.463 e. The Morgan fingerprint density at radius 2 is 1.81 bits per heavy atom. The Bertz CT molecular complexity index is 973. The third-order valence-corrected chi connectivity index (χ3v) is 4.62. The van der Waals surface area contributed by atoms with Crippen LogP contribution >= 0.6 is 0 Å². The summed E-state index contributed by atoms with van der Waals surface area (Å²) in [6.07, 6.45) is 2.26. The highest BCUT2D eigenvalue weighted by Gasteiger charge is 2.34. The lowest BCUT2D eigenvalue weighted by atomic mass is 9.99. The molecule has 1 amide bonds. The van der Waals surface area contributed by atoms with E-state index in [-0.39, 0.29) is 11.9 Å². The molecule has 1 aromatic heterocycles. The standard InChI is InChI=1S/C22H20N2O2/c1-15-6-3-8-17(12-15)20-14-19(21-10-5-11-26-21)23-24(20)22(25)18-9-4-7-16(2)13-18/h3-13,20H,14H2,1-2H3/t20-/m0/s1. The minimum absolute atomic E-state index is 0.0956. The van der Waals surface area contributed by atoms with E-state index in [1.165, 1.54) is 0 Å². The zero-order chi connectivity index (χ0) is 18.1. The molecule has 2 aromatic carbocycles. The summed E-state index contributed by atoms with van der Waals surface area (Å²) in [4.78, 5) is 13.2. The number of benzene rings is 2. The lowest BCUT2D eigenvalue weighted by Gasteiger charge is -2.22. The number of rotatable bonds is 3. The zero-order valence-electron chi connectivity index (χ0n) is 14.8. The van der Waals surface area contributed by atoms with Crippen LogP contribution in [0, 0.1) is 13.8 Å². The van der Waals surface area contributed by atoms with Crippen LogP contribution in [0.4, 0.5) is 0 Å². The smallest absolute Gasteiger partial charge is 0.274 e. The van der Waals surface area contributed by atoms with Crippen LogP contribution in [0.3, 0.4) is 0 Å². The molecule has 0 saturated heterocycles. The van der Waals surface area contributed by atoms with Crippen molar-refractivity contribution in [3.05, 3.63) is 94.9 Å². The molecule has 3 aromatic rings. The van der Waals surface area contributed by atoms with Gasteiger partial charge in [0.25, 0.3) is 5.91 Å². The first-order chi connectivity index (χ1) is 12.6. The summed E-state index contributed by atoms with van der Waals surface area (Å²) in [5.74, 6) is 0.615. The van der Waals surface area contributed by atoms with Gasteiger partial charge in [-0.2, -0.15) is 5.10 Å². The van der Waals surface area contributed by atoms with Crippen LogP contribution in [-0.4, -0.2) is 16.6 Å². The van der Waals surface area contributed by atoms with E-state index in [9.17, 15) is 4.79 Å². The van der Waals surface area contributed by atoms with E-state index >= 15 is 0 Å². The number of aryl methyl sites for hydroxylation is 2. The van der Waals surface area contributed by atoms with Gasteiger partial charge in [0.1, 0.15) is 11.5 Å². The maximum atomic E-state index is 13.2. The molecule has 4 heteroatoms. The van der Waals surface area contributed by atoms with Gasteiger partial charge < -0.3 is 4.42 Å². The van der Waals surface area contributed by atoms with Crippen LogP contribution in [0.5, 0.6) is 0 Å². The summed E-state index contributed by atoms with van der Waals surface area (Å²) < 4.78 is 5.51. The number of amides is 1. The fourth-order valence-electron chi connectivity index (χ4n) is 3.34. The van der Waals surface area contributed by atoms with Crippen LogP contribution in [0.25, 0.3) is 0 Å². The Kier molecular flexibility index (Phi) is 4.17. The molecule has 1 aliphatic heterocycles. The SMILES string of the molecule is Cc1cccc(C(=O)N2N=C(c3ccco3)C[C@H]2c2cccc(C)c2)c1. The molecule has 0 fully saturated rings. The second-order valence-corrected chi connectivity index (χ2v) is 6.68. The molecule has 1 atom stereocenters. The van der Waals surface area contributed by atoms with Crippen molar-refractivity contribution in [3.63, 3.8) is 0 Å². The average molecular weight is 344 g/mol. The molecule has 0 aliphatic carbocycles. The van der Waals surface area contributed by atoms with Gasteiger partial charge in [0.05, 0.1) is 12.3 Å². The lowest BCUT2D eigenvalue weighted by Crippen LogP contribution is -2.27. The molecule has 130 valence electrons. The van der Waals surface area contributed by atoms with Crippen molar-refractivity contribution >= 4 is 11.6 Å². The number of hydrogen-bond acceptors (Lipinski definition) is 3. The van der Waals surface area contributed by atoms with E-state index in [2.05, 4.69) is 30.2 Å². The Morgan fingerprint density at radius 1 is 1.04 bits per heavy atom. The van der Waals surface area contributed by atoms with Crippen LogP contribution in [0.15, 0.2) is 76.4 Å². The number of carbonyl (C=O) groups is 1. The molecule has 0 spiro atoms. The van der Waals surface area contributed by atoms with Crippen molar-refractivity contribution < 1.29 is 9.21 Å². The topological polar surface area (TPSA) is 45.8 Å². The number of hydrazone groups is 1. The molecule has 4 nitrogen and oxygen atoms in total. The van der Waals surface area contributed by atoms with Crippen molar-refractivity contribution in [1.82, 2.24) is 5.01 Å². The highest BCUT2D eigenvalue weighted by Crippen LogP contribution is 2.34. The summed E-state index contributed by atoms with van der Waals surface area (Å²) in [5, 5.41) is 6.23. The van der Waals surface area contributed by atoms with Gasteiger partial charge in [-0.1, -0.05) is 47.5 Å². The molecule has 0 bridgehead atoms. The van der Waals surface area contributed by atoms with Gasteiger partial charge in [-0.05, 0) is 43.7 Å². The molecule has 2 heterocycles. The predicted octanol–water partition coefficient (Wildman–Crippen LogP) is 4.89. The van der Waals surface area contributed by atoms with E-state index in [0.29, 0.717) is 17.7 Å². The highest BCUT2D eigenvalue weighted by molar-refractivity contribution is 6.03. The van der Waals surface area contributed by atoms with Crippen molar-refractivity contribution in [1.29, 1.82) is 0 Å². The third kappa shape index (κ3) is 3.06. The molecular formula is C22H20N2O2. The minimum atomic E-state index is -0.136. The number of hydrogen-bond donors (Lipinski definition) is 0.